The highest BCUT2D eigenvalue weighted by Crippen LogP contribution is 2.37. The summed E-state index contributed by atoms with van der Waals surface area (Å²) in [4.78, 5) is 28.0. The van der Waals surface area contributed by atoms with Gasteiger partial charge >= 0.3 is 6.09 Å². The molecule has 0 atom stereocenters. The van der Waals surface area contributed by atoms with Crippen molar-refractivity contribution in [2.75, 3.05) is 43.0 Å². The first-order valence-corrected chi connectivity index (χ1v) is 14.7. The first-order chi connectivity index (χ1) is 17.9. The van der Waals surface area contributed by atoms with E-state index in [1.165, 1.54) is 0 Å². The van der Waals surface area contributed by atoms with Crippen LogP contribution in [-0.4, -0.2) is 70.9 Å². The number of nitrogens with zero attached hydrogens (tertiary/aromatic N) is 5. The minimum Gasteiger partial charge on any atom is -0.444 e. The van der Waals surface area contributed by atoms with Crippen LogP contribution in [0.25, 0.3) is 10.9 Å². The summed E-state index contributed by atoms with van der Waals surface area (Å²) in [6.07, 6.45) is 3.52. The maximum atomic E-state index is 15.5. The Bertz CT molecular complexity index is 1190. The lowest BCUT2D eigenvalue weighted by Gasteiger charge is -2.38. The topological polar surface area (TPSA) is 87.8 Å². The molecule has 0 saturated carbocycles. The van der Waals surface area contributed by atoms with Gasteiger partial charge in [0.2, 0.25) is 5.95 Å². The van der Waals surface area contributed by atoms with Crippen molar-refractivity contribution in [1.82, 2.24) is 14.9 Å². The molecule has 11 heteroatoms. The Morgan fingerprint density at radius 3 is 2.26 bits per heavy atom. The number of hydrogen-bond acceptors (Lipinski definition) is 7. The van der Waals surface area contributed by atoms with Crippen LogP contribution >= 0.6 is 27.5 Å². The Kier molecular flexibility index (Phi) is 9.65. The Morgan fingerprint density at radius 1 is 1.10 bits per heavy atom. The average Bonchev–Trinajstić information content (AvgIpc) is 2.83. The standard InChI is InChI=1S/C28H43BrClFN6O2/c1-26(2,3)39-25(38)37-15-13-36(14-16-37)23-18-17-19(30)20(29)21(31)22(18)33-24(34-23)35(8)28(6,7)12-10-9-11-27(4,5)32/h17H,9-16,32H2,1-8H3. The molecule has 3 rings (SSSR count). The SMILES string of the molecule is CN(c1nc(N2CCN(C(=O)OC(C)(C)C)CC2)c2cc(Cl)c(Br)c(F)c2n1)C(C)(C)CCCCC(C)(C)N. The number of amides is 1. The number of ether oxygens (including phenoxy) is 1. The fourth-order valence-electron chi connectivity index (χ4n) is 4.54. The summed E-state index contributed by atoms with van der Waals surface area (Å²) in [5.74, 6) is 0.509. The van der Waals surface area contributed by atoms with Gasteiger partial charge in [0.25, 0.3) is 0 Å². The molecule has 1 fully saturated rings. The van der Waals surface area contributed by atoms with Crippen molar-refractivity contribution in [3.63, 3.8) is 0 Å². The van der Waals surface area contributed by atoms with Gasteiger partial charge in [-0.3, -0.25) is 0 Å². The minimum atomic E-state index is -0.564. The fourth-order valence-corrected chi connectivity index (χ4v) is 5.03. The van der Waals surface area contributed by atoms with Crippen LogP contribution in [0.2, 0.25) is 5.02 Å². The van der Waals surface area contributed by atoms with Gasteiger partial charge in [-0.1, -0.05) is 24.4 Å². The molecule has 0 bridgehead atoms. The number of unbranched alkanes of at least 4 members (excludes halogenated alkanes) is 1. The van der Waals surface area contributed by atoms with Gasteiger partial charge in [-0.25, -0.2) is 14.2 Å². The molecular weight excluding hydrogens is 587 g/mol. The lowest BCUT2D eigenvalue weighted by molar-refractivity contribution is 0.0240. The van der Waals surface area contributed by atoms with E-state index in [0.717, 1.165) is 25.7 Å². The Morgan fingerprint density at radius 2 is 1.69 bits per heavy atom. The lowest BCUT2D eigenvalue weighted by atomic mass is 9.92. The van der Waals surface area contributed by atoms with Crippen LogP contribution in [0.5, 0.6) is 0 Å². The molecule has 1 aromatic carbocycles. The quantitative estimate of drug-likeness (QED) is 0.255. The summed E-state index contributed by atoms with van der Waals surface area (Å²) in [5.41, 5.74) is 5.32. The second-order valence-electron chi connectivity index (χ2n) is 12.8. The van der Waals surface area contributed by atoms with Crippen LogP contribution in [0.4, 0.5) is 21.0 Å². The number of anilines is 2. The molecule has 8 nitrogen and oxygen atoms in total. The molecule has 39 heavy (non-hydrogen) atoms. The normalized spacial score (nSPS) is 15.2. The highest BCUT2D eigenvalue weighted by atomic mass is 79.9. The van der Waals surface area contributed by atoms with E-state index >= 15 is 4.39 Å². The zero-order valence-corrected chi connectivity index (χ0v) is 26.8. The predicted octanol–water partition coefficient (Wildman–Crippen LogP) is 6.75. The molecule has 218 valence electrons. The van der Waals surface area contributed by atoms with Gasteiger partial charge in [0, 0.05) is 49.7 Å². The first-order valence-electron chi connectivity index (χ1n) is 13.5. The van der Waals surface area contributed by atoms with E-state index < -0.39 is 11.4 Å². The van der Waals surface area contributed by atoms with E-state index in [0.29, 0.717) is 43.3 Å². The molecule has 2 N–H and O–H groups in total. The van der Waals surface area contributed by atoms with Crippen molar-refractivity contribution in [2.45, 2.75) is 90.8 Å². The van der Waals surface area contributed by atoms with Crippen LogP contribution in [0, 0.1) is 5.82 Å². The van der Waals surface area contributed by atoms with Crippen molar-refractivity contribution >= 4 is 56.3 Å². The Labute approximate surface area is 245 Å². The van der Waals surface area contributed by atoms with Gasteiger partial charge in [0.1, 0.15) is 16.9 Å². The molecule has 2 aromatic rings. The van der Waals surface area contributed by atoms with Gasteiger partial charge in [0.15, 0.2) is 5.82 Å². The third-order valence-electron chi connectivity index (χ3n) is 7.09. The molecule has 1 aromatic heterocycles. The summed E-state index contributed by atoms with van der Waals surface area (Å²) < 4.78 is 21.2. The number of benzene rings is 1. The molecule has 0 unspecified atom stereocenters. The predicted molar refractivity (Wildman–Crippen MR) is 161 cm³/mol. The summed E-state index contributed by atoms with van der Waals surface area (Å²) in [7, 11) is 1.95. The second kappa shape index (κ2) is 11.9. The number of fused-ring (bicyclic) bond motifs is 1. The number of carbonyl (C=O) groups excluding carboxylic acids is 1. The lowest BCUT2D eigenvalue weighted by Crippen LogP contribution is -2.50. The van der Waals surface area contributed by atoms with Crippen LogP contribution < -0.4 is 15.5 Å². The van der Waals surface area contributed by atoms with Crippen molar-refractivity contribution in [2.24, 2.45) is 5.73 Å². The maximum absolute atomic E-state index is 15.5. The van der Waals surface area contributed by atoms with E-state index in [9.17, 15) is 4.79 Å². The van der Waals surface area contributed by atoms with Crippen LogP contribution in [0.1, 0.15) is 74.1 Å². The molecule has 0 aliphatic carbocycles. The number of aromatic nitrogens is 2. The Hall–Kier alpha value is -1.91. The van der Waals surface area contributed by atoms with Crippen molar-refractivity contribution in [3.05, 3.63) is 21.4 Å². The number of nitrogens with two attached hydrogens (primary N) is 1. The molecule has 1 aliphatic heterocycles. The van der Waals surface area contributed by atoms with E-state index in [2.05, 4.69) is 39.7 Å². The molecule has 2 heterocycles. The van der Waals surface area contributed by atoms with Crippen molar-refractivity contribution in [3.8, 4) is 0 Å². The monoisotopic (exact) mass is 628 g/mol. The van der Waals surface area contributed by atoms with Crippen molar-refractivity contribution < 1.29 is 13.9 Å². The summed E-state index contributed by atoms with van der Waals surface area (Å²) in [6.45, 7) is 15.9. The van der Waals surface area contributed by atoms with Gasteiger partial charge in [-0.05, 0) is 83.3 Å². The second-order valence-corrected chi connectivity index (χ2v) is 14.0. The molecule has 1 aliphatic rings. The molecule has 0 radical (unpaired) electrons. The van der Waals surface area contributed by atoms with E-state index in [-0.39, 0.29) is 32.2 Å². The average molecular weight is 630 g/mol. The molecular formula is C28H43BrClFN6O2. The fraction of sp³-hybridized carbons (Fsp3) is 0.679. The number of carbonyl (C=O) groups is 1. The zero-order chi connectivity index (χ0) is 29.3. The third-order valence-corrected chi connectivity index (χ3v) is 8.40. The van der Waals surface area contributed by atoms with E-state index in [1.807, 2.05) is 46.6 Å². The van der Waals surface area contributed by atoms with Gasteiger partial charge in [-0.15, -0.1) is 0 Å². The number of halogens is 3. The molecule has 1 amide bonds. The van der Waals surface area contributed by atoms with Gasteiger partial charge in [0.05, 0.1) is 9.50 Å². The highest BCUT2D eigenvalue weighted by Gasteiger charge is 2.31. The first kappa shape index (κ1) is 31.6. The molecule has 1 saturated heterocycles. The minimum absolute atomic E-state index is 0.174. The van der Waals surface area contributed by atoms with Gasteiger partial charge in [-0.2, -0.15) is 4.98 Å². The van der Waals surface area contributed by atoms with Crippen LogP contribution in [0.15, 0.2) is 10.5 Å². The van der Waals surface area contributed by atoms with Crippen molar-refractivity contribution in [1.29, 1.82) is 0 Å². The Balaban J connectivity index is 1.91. The largest absolute Gasteiger partial charge is 0.444 e. The zero-order valence-electron chi connectivity index (χ0n) is 24.5. The number of piperazine rings is 1. The number of rotatable bonds is 8. The maximum Gasteiger partial charge on any atom is 0.410 e. The smallest absolute Gasteiger partial charge is 0.410 e. The van der Waals surface area contributed by atoms with E-state index in [1.54, 1.807) is 11.0 Å². The van der Waals surface area contributed by atoms with Crippen LogP contribution in [-0.2, 0) is 4.74 Å². The summed E-state index contributed by atoms with van der Waals surface area (Å²) in [5, 5.41) is 0.785. The highest BCUT2D eigenvalue weighted by molar-refractivity contribution is 9.10. The molecule has 0 spiro atoms. The summed E-state index contributed by atoms with van der Waals surface area (Å²) >= 11 is 9.62. The van der Waals surface area contributed by atoms with Gasteiger partial charge < -0.3 is 25.2 Å². The van der Waals surface area contributed by atoms with Crippen LogP contribution in [0.3, 0.4) is 0 Å². The van der Waals surface area contributed by atoms with E-state index in [4.69, 9.17) is 27.1 Å². The number of hydrogen-bond donors (Lipinski definition) is 1. The third kappa shape index (κ3) is 8.07. The summed E-state index contributed by atoms with van der Waals surface area (Å²) in [6, 6.07) is 1.70.